The molecule has 8 heteroatoms. The van der Waals surface area contributed by atoms with Crippen LogP contribution in [0.4, 0.5) is 0 Å². The van der Waals surface area contributed by atoms with Gasteiger partial charge in [0.25, 0.3) is 10.1 Å². The Kier molecular flexibility index (Phi) is 6.49. The summed E-state index contributed by atoms with van der Waals surface area (Å²) in [6.07, 6.45) is 0. The summed E-state index contributed by atoms with van der Waals surface area (Å²) in [6.45, 7) is 0. The molecule has 14 heavy (non-hydrogen) atoms. The monoisotopic (exact) mass is 300 g/mol. The van der Waals surface area contributed by atoms with Gasteiger partial charge < -0.3 is 0 Å². The topological polar surface area (TPSA) is 54.4 Å². The molecule has 0 unspecified atom stereocenters. The van der Waals surface area contributed by atoms with Gasteiger partial charge in [-0.05, 0) is 12.1 Å². The SMILES string of the molecule is O=S(=O)(O)c1cc(Cl)c(Cl)cc1Cl.[KH]. The van der Waals surface area contributed by atoms with E-state index in [1.165, 1.54) is 0 Å². The van der Waals surface area contributed by atoms with Crippen molar-refractivity contribution < 1.29 is 13.0 Å². The molecule has 0 aliphatic heterocycles. The molecule has 0 aliphatic carbocycles. The molecule has 0 fully saturated rings. The second-order valence-electron chi connectivity index (χ2n) is 2.17. The zero-order chi connectivity index (χ0) is 10.2. The van der Waals surface area contributed by atoms with E-state index in [0.29, 0.717) is 0 Å². The minimum absolute atomic E-state index is 0. The van der Waals surface area contributed by atoms with Crippen molar-refractivity contribution in [2.24, 2.45) is 0 Å². The first-order chi connectivity index (χ1) is 5.82. The second-order valence-corrected chi connectivity index (χ2v) is 4.78. The summed E-state index contributed by atoms with van der Waals surface area (Å²) in [4.78, 5) is -0.455. The van der Waals surface area contributed by atoms with Crippen molar-refractivity contribution in [1.82, 2.24) is 0 Å². The van der Waals surface area contributed by atoms with Gasteiger partial charge in [-0.3, -0.25) is 4.55 Å². The van der Waals surface area contributed by atoms with Crippen LogP contribution in [-0.2, 0) is 10.1 Å². The molecule has 0 radical (unpaired) electrons. The third-order valence-electron chi connectivity index (χ3n) is 1.25. The average molecular weight is 302 g/mol. The summed E-state index contributed by atoms with van der Waals surface area (Å²) in [6, 6.07) is 2.14. The molecule has 3 nitrogen and oxygen atoms in total. The zero-order valence-corrected chi connectivity index (χ0v) is 9.04. The Bertz CT molecular complexity index is 446. The Balaban J connectivity index is 0.00000169. The predicted octanol–water partition coefficient (Wildman–Crippen LogP) is 2.24. The van der Waals surface area contributed by atoms with Gasteiger partial charge >= 0.3 is 51.4 Å². The molecule has 0 aliphatic rings. The van der Waals surface area contributed by atoms with Crippen LogP contribution in [0.15, 0.2) is 17.0 Å². The number of hydrogen-bond acceptors (Lipinski definition) is 2. The van der Waals surface area contributed by atoms with E-state index in [9.17, 15) is 8.42 Å². The van der Waals surface area contributed by atoms with Crippen LogP contribution >= 0.6 is 34.8 Å². The van der Waals surface area contributed by atoms with Gasteiger partial charge in [-0.25, -0.2) is 0 Å². The quantitative estimate of drug-likeness (QED) is 0.492. The molecule has 0 aromatic heterocycles. The van der Waals surface area contributed by atoms with E-state index in [-0.39, 0.29) is 66.5 Å². The minimum atomic E-state index is -4.35. The van der Waals surface area contributed by atoms with Gasteiger partial charge in [0.1, 0.15) is 4.90 Å². The van der Waals surface area contributed by atoms with Gasteiger partial charge in [-0.1, -0.05) is 34.8 Å². The molecule has 0 spiro atoms. The Morgan fingerprint density at radius 1 is 1.00 bits per heavy atom. The van der Waals surface area contributed by atoms with Gasteiger partial charge in [-0.15, -0.1) is 0 Å². The third kappa shape index (κ3) is 3.90. The van der Waals surface area contributed by atoms with E-state index in [2.05, 4.69) is 0 Å². The summed E-state index contributed by atoms with van der Waals surface area (Å²) >= 11 is 16.6. The van der Waals surface area contributed by atoms with E-state index in [4.69, 9.17) is 39.4 Å². The van der Waals surface area contributed by atoms with Gasteiger partial charge in [0.2, 0.25) is 0 Å². The van der Waals surface area contributed by atoms with Crippen molar-refractivity contribution in [2.45, 2.75) is 4.90 Å². The number of hydrogen-bond donors (Lipinski definition) is 1. The van der Waals surface area contributed by atoms with Crippen molar-refractivity contribution in [3.8, 4) is 0 Å². The fraction of sp³-hybridized carbons (Fsp3) is 0. The molecule has 1 rings (SSSR count). The Labute approximate surface area is 139 Å². The van der Waals surface area contributed by atoms with Crippen molar-refractivity contribution in [3.05, 3.63) is 27.2 Å². The molecule has 1 N–H and O–H groups in total. The molecular formula is C6H4Cl3KO3S. The van der Waals surface area contributed by atoms with Crippen LogP contribution in [0.2, 0.25) is 15.1 Å². The van der Waals surface area contributed by atoms with Crippen LogP contribution in [0, 0.1) is 0 Å². The van der Waals surface area contributed by atoms with Gasteiger partial charge in [0.05, 0.1) is 15.1 Å². The second kappa shape index (κ2) is 5.81. The number of rotatable bonds is 1. The molecule has 0 saturated heterocycles. The molecule has 74 valence electrons. The van der Waals surface area contributed by atoms with Crippen LogP contribution in [0.3, 0.4) is 0 Å². The molecule has 0 atom stereocenters. The Hall–Kier alpha value is 1.64. The van der Waals surface area contributed by atoms with Crippen LogP contribution < -0.4 is 0 Å². The van der Waals surface area contributed by atoms with Crippen molar-refractivity contribution in [2.75, 3.05) is 0 Å². The van der Waals surface area contributed by atoms with E-state index >= 15 is 0 Å². The van der Waals surface area contributed by atoms with E-state index < -0.39 is 15.0 Å². The van der Waals surface area contributed by atoms with Gasteiger partial charge in [0, 0.05) is 0 Å². The molecule has 0 bridgehead atoms. The average Bonchev–Trinajstić information content (AvgIpc) is 1.94. The zero-order valence-electron chi connectivity index (χ0n) is 5.96. The van der Waals surface area contributed by atoms with E-state index in [0.717, 1.165) is 12.1 Å². The standard InChI is InChI=1S/C6H3Cl3O3S.K.H/c7-3-1-5(9)6(2-4(3)8)13(10,11)12;;/h1-2H,(H,10,11,12);;. The first kappa shape index (κ1) is 15.6. The summed E-state index contributed by atoms with van der Waals surface area (Å²) in [5.74, 6) is 0. The first-order valence-corrected chi connectivity index (χ1v) is 5.52. The fourth-order valence-corrected chi connectivity index (χ4v) is 2.18. The predicted molar refractivity (Wildman–Crippen MR) is 58.4 cm³/mol. The number of halogens is 3. The van der Waals surface area contributed by atoms with E-state index in [1.54, 1.807) is 0 Å². The van der Waals surface area contributed by atoms with Crippen LogP contribution in [-0.4, -0.2) is 64.4 Å². The maximum absolute atomic E-state index is 10.7. The van der Waals surface area contributed by atoms with Crippen LogP contribution in [0.5, 0.6) is 0 Å². The normalized spacial score (nSPS) is 10.9. The summed E-state index contributed by atoms with van der Waals surface area (Å²) in [7, 11) is -4.35. The van der Waals surface area contributed by atoms with E-state index in [1.807, 2.05) is 0 Å². The Morgan fingerprint density at radius 2 is 1.43 bits per heavy atom. The molecule has 0 amide bonds. The summed E-state index contributed by atoms with van der Waals surface area (Å²) < 4.78 is 30.0. The van der Waals surface area contributed by atoms with Crippen molar-refractivity contribution >= 4 is 96.3 Å². The molecule has 1 aromatic carbocycles. The molecule has 1 aromatic rings. The number of benzene rings is 1. The first-order valence-electron chi connectivity index (χ1n) is 2.94. The Morgan fingerprint density at radius 3 is 1.86 bits per heavy atom. The molecule has 0 heterocycles. The third-order valence-corrected chi connectivity index (χ3v) is 3.29. The van der Waals surface area contributed by atoms with Crippen molar-refractivity contribution in [3.63, 3.8) is 0 Å². The van der Waals surface area contributed by atoms with Gasteiger partial charge in [-0.2, -0.15) is 8.42 Å². The summed E-state index contributed by atoms with van der Waals surface area (Å²) in [5.41, 5.74) is 0. The molecular weight excluding hydrogens is 298 g/mol. The maximum atomic E-state index is 10.7. The van der Waals surface area contributed by atoms with Crippen LogP contribution in [0.25, 0.3) is 0 Å². The molecule has 0 saturated carbocycles. The summed E-state index contributed by atoms with van der Waals surface area (Å²) in [5, 5.41) is -0.0327. The van der Waals surface area contributed by atoms with Crippen LogP contribution in [0.1, 0.15) is 0 Å². The fourth-order valence-electron chi connectivity index (χ4n) is 0.702. The van der Waals surface area contributed by atoms with Crippen molar-refractivity contribution in [1.29, 1.82) is 0 Å². The van der Waals surface area contributed by atoms with Gasteiger partial charge in [0.15, 0.2) is 0 Å².